The van der Waals surface area contributed by atoms with E-state index in [4.69, 9.17) is 4.42 Å². The molecule has 5 fully saturated rings. The summed E-state index contributed by atoms with van der Waals surface area (Å²) in [5, 5.41) is 7.25. The topological polar surface area (TPSA) is 66.5 Å². The summed E-state index contributed by atoms with van der Waals surface area (Å²) in [5.41, 5.74) is 0.373. The number of nitrogens with zero attached hydrogens (tertiary/aromatic N) is 4. The molecule has 2 aliphatic heterocycles. The lowest BCUT2D eigenvalue weighted by atomic mass is 9.52. The third-order valence-corrected chi connectivity index (χ3v) is 9.54. The molecule has 8 rings (SSSR count). The minimum Gasteiger partial charge on any atom is -0.467 e. The Kier molecular flexibility index (Phi) is 5.04. The summed E-state index contributed by atoms with van der Waals surface area (Å²) in [6.07, 6.45) is 4.79. The highest BCUT2D eigenvalue weighted by Crippen LogP contribution is 2.58. The quantitative estimate of drug-likeness (QED) is 0.648. The molecule has 0 radical (unpaired) electrons. The van der Waals surface area contributed by atoms with E-state index >= 15 is 0 Å². The SMILES string of the molecule is O=C(c1cc2n(n1)[C@H](C(F)(F)F)C[C@@H](c1ccco1)N2)N1CCN(C23CC4CC(CC(C4)C2)C3)CC1. The molecule has 0 aromatic carbocycles. The molecule has 194 valence electrons. The lowest BCUT2D eigenvalue weighted by Crippen LogP contribution is -2.64. The third-order valence-electron chi connectivity index (χ3n) is 9.54. The second-order valence-corrected chi connectivity index (χ2v) is 11.8. The van der Waals surface area contributed by atoms with E-state index in [0.29, 0.717) is 24.4 Å². The van der Waals surface area contributed by atoms with Gasteiger partial charge in [0.15, 0.2) is 11.7 Å². The van der Waals surface area contributed by atoms with Gasteiger partial charge in [-0.25, -0.2) is 4.68 Å². The van der Waals surface area contributed by atoms with Gasteiger partial charge in [-0.15, -0.1) is 0 Å². The highest BCUT2D eigenvalue weighted by atomic mass is 19.4. The van der Waals surface area contributed by atoms with Gasteiger partial charge in [0, 0.05) is 44.2 Å². The van der Waals surface area contributed by atoms with Crippen LogP contribution in [0, 0.1) is 17.8 Å². The molecule has 4 heterocycles. The fraction of sp³-hybridized carbons (Fsp3) is 0.692. The van der Waals surface area contributed by atoms with Crippen molar-refractivity contribution in [2.45, 2.75) is 68.7 Å². The van der Waals surface area contributed by atoms with Crippen molar-refractivity contribution in [3.05, 3.63) is 35.9 Å². The number of nitrogens with one attached hydrogen (secondary N) is 1. The van der Waals surface area contributed by atoms with Crippen molar-refractivity contribution in [2.24, 2.45) is 17.8 Å². The van der Waals surface area contributed by atoms with Crippen LogP contribution in [-0.2, 0) is 0 Å². The number of hydrogen-bond acceptors (Lipinski definition) is 5. The van der Waals surface area contributed by atoms with Crippen LogP contribution in [0.1, 0.15) is 73.3 Å². The van der Waals surface area contributed by atoms with Gasteiger partial charge >= 0.3 is 6.18 Å². The van der Waals surface area contributed by atoms with E-state index < -0.39 is 18.3 Å². The van der Waals surface area contributed by atoms with Crippen molar-refractivity contribution in [3.8, 4) is 0 Å². The van der Waals surface area contributed by atoms with Crippen molar-refractivity contribution >= 4 is 11.7 Å². The molecule has 1 N–H and O–H groups in total. The highest BCUT2D eigenvalue weighted by Gasteiger charge is 2.54. The fourth-order valence-corrected chi connectivity index (χ4v) is 8.35. The number of carbonyl (C=O) groups is 1. The predicted molar refractivity (Wildman–Crippen MR) is 125 cm³/mol. The number of rotatable bonds is 3. The van der Waals surface area contributed by atoms with Crippen molar-refractivity contribution in [1.82, 2.24) is 19.6 Å². The second kappa shape index (κ2) is 8.00. The van der Waals surface area contributed by atoms with E-state index in [0.717, 1.165) is 35.5 Å². The number of hydrogen-bond donors (Lipinski definition) is 1. The average molecular weight is 504 g/mol. The Bertz CT molecular complexity index is 1100. The molecule has 36 heavy (non-hydrogen) atoms. The summed E-state index contributed by atoms with van der Waals surface area (Å²) in [7, 11) is 0. The Balaban J connectivity index is 1.07. The molecule has 4 aliphatic carbocycles. The van der Waals surface area contributed by atoms with E-state index in [1.165, 1.54) is 50.9 Å². The zero-order chi connectivity index (χ0) is 24.7. The van der Waals surface area contributed by atoms with E-state index in [1.807, 2.05) is 0 Å². The van der Waals surface area contributed by atoms with E-state index in [9.17, 15) is 18.0 Å². The molecule has 4 saturated carbocycles. The molecule has 4 bridgehead atoms. The van der Waals surface area contributed by atoms with Crippen LogP contribution < -0.4 is 5.32 Å². The van der Waals surface area contributed by atoms with Crippen LogP contribution in [0.2, 0.25) is 0 Å². The van der Waals surface area contributed by atoms with Crippen molar-refractivity contribution in [1.29, 1.82) is 0 Å². The molecule has 2 atom stereocenters. The van der Waals surface area contributed by atoms with Crippen molar-refractivity contribution in [2.75, 3.05) is 31.5 Å². The third kappa shape index (κ3) is 3.66. The maximum Gasteiger partial charge on any atom is 0.410 e. The number of furan rings is 1. The summed E-state index contributed by atoms with van der Waals surface area (Å²) in [6.45, 7) is 2.84. The fourth-order valence-electron chi connectivity index (χ4n) is 8.35. The molecule has 10 heteroatoms. The molecule has 2 aromatic rings. The van der Waals surface area contributed by atoms with Crippen LogP contribution in [0.4, 0.5) is 19.0 Å². The first kappa shape index (κ1) is 22.7. The molecular formula is C26H32F3N5O2. The Morgan fingerprint density at radius 3 is 2.28 bits per heavy atom. The minimum atomic E-state index is -4.49. The summed E-state index contributed by atoms with van der Waals surface area (Å²) in [6, 6.07) is 2.32. The van der Waals surface area contributed by atoms with Gasteiger partial charge in [-0.1, -0.05) is 0 Å². The standard InChI is InChI=1S/C26H32F3N5O2/c27-26(28,29)22-11-19(21-2-1-7-36-21)30-23-12-20(31-34(22)23)24(35)32-3-5-33(6-4-32)25-13-16-8-17(14-25)10-18(9-16)15-25/h1-2,7,12,16-19,22,30H,3-6,8-11,13-15H2/t16?,17?,18?,19-,22-,25?/m0/s1. The second-order valence-electron chi connectivity index (χ2n) is 11.8. The molecular weight excluding hydrogens is 471 g/mol. The first-order valence-electron chi connectivity index (χ1n) is 13.3. The lowest BCUT2D eigenvalue weighted by molar-refractivity contribution is -0.174. The van der Waals surface area contributed by atoms with Crippen molar-refractivity contribution in [3.63, 3.8) is 0 Å². The van der Waals surface area contributed by atoms with E-state index in [2.05, 4.69) is 15.3 Å². The molecule has 0 unspecified atom stereocenters. The van der Waals surface area contributed by atoms with Crippen LogP contribution in [0.25, 0.3) is 0 Å². The van der Waals surface area contributed by atoms with Gasteiger partial charge in [0.05, 0.1) is 12.3 Å². The van der Waals surface area contributed by atoms with E-state index in [-0.39, 0.29) is 23.8 Å². The van der Waals surface area contributed by atoms with Crippen LogP contribution in [0.3, 0.4) is 0 Å². The van der Waals surface area contributed by atoms with Gasteiger partial charge in [0.2, 0.25) is 0 Å². The van der Waals surface area contributed by atoms with Gasteiger partial charge in [0.1, 0.15) is 11.6 Å². The zero-order valence-corrected chi connectivity index (χ0v) is 20.2. The number of piperazine rings is 1. The minimum absolute atomic E-state index is 0.0649. The number of halogens is 3. The molecule has 7 nitrogen and oxygen atoms in total. The molecule has 0 spiro atoms. The van der Waals surface area contributed by atoms with Crippen molar-refractivity contribution < 1.29 is 22.4 Å². The Morgan fingerprint density at radius 1 is 1.03 bits per heavy atom. The predicted octanol–water partition coefficient (Wildman–Crippen LogP) is 4.86. The summed E-state index contributed by atoms with van der Waals surface area (Å²) < 4.78 is 48.1. The number of carbonyl (C=O) groups excluding carboxylic acids is 1. The molecule has 6 aliphatic rings. The average Bonchev–Trinajstić information content (AvgIpc) is 3.52. The largest absolute Gasteiger partial charge is 0.467 e. The number of amides is 1. The Hall–Kier alpha value is -2.49. The van der Waals surface area contributed by atoms with Crippen LogP contribution >= 0.6 is 0 Å². The molecule has 2 aromatic heterocycles. The van der Waals surface area contributed by atoms with E-state index in [1.54, 1.807) is 17.0 Å². The van der Waals surface area contributed by atoms with Crippen LogP contribution in [0.5, 0.6) is 0 Å². The number of anilines is 1. The summed E-state index contributed by atoms with van der Waals surface area (Å²) in [5.74, 6) is 2.94. The van der Waals surface area contributed by atoms with Gasteiger partial charge in [0.25, 0.3) is 5.91 Å². The molecule has 1 saturated heterocycles. The van der Waals surface area contributed by atoms with Crippen LogP contribution in [-0.4, -0.2) is 63.4 Å². The van der Waals surface area contributed by atoms with Gasteiger partial charge in [-0.05, 0) is 68.4 Å². The van der Waals surface area contributed by atoms with Gasteiger partial charge in [-0.2, -0.15) is 18.3 Å². The highest BCUT2D eigenvalue weighted by molar-refractivity contribution is 5.93. The summed E-state index contributed by atoms with van der Waals surface area (Å²) in [4.78, 5) is 17.7. The first-order chi connectivity index (χ1) is 17.3. The Labute approximate surface area is 208 Å². The first-order valence-corrected chi connectivity index (χ1v) is 13.3. The Morgan fingerprint density at radius 2 is 1.69 bits per heavy atom. The monoisotopic (exact) mass is 503 g/mol. The van der Waals surface area contributed by atoms with Gasteiger partial charge in [-0.3, -0.25) is 9.69 Å². The maximum absolute atomic E-state index is 13.9. The summed E-state index contributed by atoms with van der Waals surface area (Å²) >= 11 is 0. The zero-order valence-electron chi connectivity index (χ0n) is 20.2. The van der Waals surface area contributed by atoms with Gasteiger partial charge < -0.3 is 14.6 Å². The maximum atomic E-state index is 13.9. The number of aromatic nitrogens is 2. The lowest BCUT2D eigenvalue weighted by Gasteiger charge is -2.61. The normalized spacial score (nSPS) is 36.1. The number of fused-ring (bicyclic) bond motifs is 1. The molecule has 1 amide bonds. The number of alkyl halides is 3. The van der Waals surface area contributed by atoms with Crippen LogP contribution in [0.15, 0.2) is 28.9 Å². The smallest absolute Gasteiger partial charge is 0.410 e.